The fourth-order valence-corrected chi connectivity index (χ4v) is 3.33. The SMILES string of the molecule is CC(C)CCNC(=O)[C@H](Cc1ccccc1)NC(=O)[C@@H](C)NC(=O)[C@@H](N)Cc1ccc(O)cc1.O=P(O)(O)O. The molecule has 0 radical (unpaired) electrons. The van der Waals surface area contributed by atoms with Crippen molar-refractivity contribution in [2.24, 2.45) is 11.7 Å². The molecule has 2 rings (SSSR count). The second-order valence-electron chi connectivity index (χ2n) is 9.45. The van der Waals surface area contributed by atoms with Crippen LogP contribution in [0.1, 0.15) is 38.3 Å². The van der Waals surface area contributed by atoms with Crippen LogP contribution >= 0.6 is 7.82 Å². The number of phosphoric acid groups is 1. The highest BCUT2D eigenvalue weighted by Crippen LogP contribution is 2.25. The first kappa shape index (κ1) is 33.7. The van der Waals surface area contributed by atoms with E-state index in [9.17, 15) is 19.5 Å². The molecule has 9 N–H and O–H groups in total. The lowest BCUT2D eigenvalue weighted by Gasteiger charge is -2.22. The van der Waals surface area contributed by atoms with E-state index in [-0.39, 0.29) is 18.1 Å². The summed E-state index contributed by atoms with van der Waals surface area (Å²) in [5.74, 6) is -0.629. The smallest absolute Gasteiger partial charge is 0.466 e. The summed E-state index contributed by atoms with van der Waals surface area (Å²) in [6.07, 6.45) is 1.43. The fourth-order valence-electron chi connectivity index (χ4n) is 3.33. The van der Waals surface area contributed by atoms with Crippen molar-refractivity contribution < 1.29 is 38.7 Å². The standard InChI is InChI=1S/C26H36N4O4.H3O4P/c1-17(2)13-14-28-26(34)23(16-19-7-5-4-6-8-19)30-24(32)18(3)29-25(33)22(27)15-20-9-11-21(31)12-10-20;1-5(2,3)4/h4-12,17-18,22-23,31H,13-16,27H2,1-3H3,(H,28,34)(H,29,33)(H,30,32);(H3,1,2,3,4)/t18-,22+,23+;/m1./s1. The zero-order chi connectivity index (χ0) is 29.6. The minimum atomic E-state index is -4.64. The highest BCUT2D eigenvalue weighted by Gasteiger charge is 2.26. The van der Waals surface area contributed by atoms with Crippen molar-refractivity contribution in [1.82, 2.24) is 16.0 Å². The highest BCUT2D eigenvalue weighted by molar-refractivity contribution is 7.45. The number of hydrogen-bond acceptors (Lipinski definition) is 6. The molecule has 0 spiro atoms. The zero-order valence-corrected chi connectivity index (χ0v) is 23.2. The molecule has 216 valence electrons. The maximum atomic E-state index is 12.8. The van der Waals surface area contributed by atoms with Crippen LogP contribution in [0.3, 0.4) is 0 Å². The largest absolute Gasteiger partial charge is 0.508 e. The first-order valence-corrected chi connectivity index (χ1v) is 14.0. The van der Waals surface area contributed by atoms with Gasteiger partial charge in [0, 0.05) is 13.0 Å². The Morgan fingerprint density at radius 1 is 0.821 bits per heavy atom. The topological polar surface area (TPSA) is 211 Å². The molecule has 0 aliphatic rings. The van der Waals surface area contributed by atoms with Crippen LogP contribution in [0, 0.1) is 5.92 Å². The van der Waals surface area contributed by atoms with Crippen LogP contribution in [-0.2, 0) is 31.8 Å². The second-order valence-corrected chi connectivity index (χ2v) is 10.5. The number of phenolic OH excluding ortho intramolecular Hbond substituents is 1. The molecule has 0 saturated carbocycles. The molecule has 0 bridgehead atoms. The fraction of sp³-hybridized carbons (Fsp3) is 0.423. The van der Waals surface area contributed by atoms with Crippen LogP contribution in [0.25, 0.3) is 0 Å². The lowest BCUT2D eigenvalue weighted by Crippen LogP contribution is -2.55. The molecule has 2 aromatic rings. The Kier molecular flexibility index (Phi) is 14.4. The Morgan fingerprint density at radius 3 is 1.90 bits per heavy atom. The molecule has 39 heavy (non-hydrogen) atoms. The summed E-state index contributed by atoms with van der Waals surface area (Å²) in [7, 11) is -4.64. The van der Waals surface area contributed by atoms with E-state index in [2.05, 4.69) is 29.8 Å². The number of carbonyl (C=O) groups excluding carboxylic acids is 3. The van der Waals surface area contributed by atoms with E-state index >= 15 is 0 Å². The summed E-state index contributed by atoms with van der Waals surface area (Å²) >= 11 is 0. The monoisotopic (exact) mass is 566 g/mol. The van der Waals surface area contributed by atoms with Gasteiger partial charge in [0.05, 0.1) is 6.04 Å². The summed E-state index contributed by atoms with van der Waals surface area (Å²) < 4.78 is 8.88. The van der Waals surface area contributed by atoms with Crippen LogP contribution < -0.4 is 21.7 Å². The van der Waals surface area contributed by atoms with Crippen LogP contribution in [0.5, 0.6) is 5.75 Å². The first-order valence-electron chi connectivity index (χ1n) is 12.4. The molecular weight excluding hydrogens is 527 g/mol. The van der Waals surface area contributed by atoms with E-state index in [1.54, 1.807) is 19.1 Å². The van der Waals surface area contributed by atoms with Crippen LogP contribution in [-0.4, -0.2) is 62.2 Å². The molecule has 0 fully saturated rings. The van der Waals surface area contributed by atoms with Crippen molar-refractivity contribution in [2.45, 2.75) is 58.2 Å². The van der Waals surface area contributed by atoms with E-state index in [1.165, 1.54) is 12.1 Å². The Bertz CT molecular complexity index is 1080. The van der Waals surface area contributed by atoms with E-state index in [4.69, 9.17) is 25.0 Å². The summed E-state index contributed by atoms with van der Waals surface area (Å²) in [6, 6.07) is 13.3. The van der Waals surface area contributed by atoms with Gasteiger partial charge in [-0.3, -0.25) is 14.4 Å². The number of rotatable bonds is 12. The Morgan fingerprint density at radius 2 is 1.36 bits per heavy atom. The zero-order valence-electron chi connectivity index (χ0n) is 22.3. The van der Waals surface area contributed by atoms with Crippen molar-refractivity contribution in [3.05, 3.63) is 65.7 Å². The van der Waals surface area contributed by atoms with Crippen LogP contribution in [0.15, 0.2) is 54.6 Å². The van der Waals surface area contributed by atoms with Gasteiger partial charge in [-0.05, 0) is 48.9 Å². The maximum Gasteiger partial charge on any atom is 0.466 e. The molecule has 0 aliphatic carbocycles. The summed E-state index contributed by atoms with van der Waals surface area (Å²) in [4.78, 5) is 59.7. The second kappa shape index (κ2) is 16.6. The van der Waals surface area contributed by atoms with Crippen LogP contribution in [0.4, 0.5) is 0 Å². The number of hydrogen-bond donors (Lipinski definition) is 8. The van der Waals surface area contributed by atoms with Gasteiger partial charge in [0.15, 0.2) is 0 Å². The van der Waals surface area contributed by atoms with Crippen molar-refractivity contribution in [3.63, 3.8) is 0 Å². The average molecular weight is 567 g/mol. The van der Waals surface area contributed by atoms with Gasteiger partial charge < -0.3 is 41.5 Å². The van der Waals surface area contributed by atoms with Gasteiger partial charge in [0.25, 0.3) is 0 Å². The van der Waals surface area contributed by atoms with Crippen molar-refractivity contribution in [3.8, 4) is 5.75 Å². The summed E-state index contributed by atoms with van der Waals surface area (Å²) in [6.45, 7) is 6.23. The Hall–Kier alpha value is -3.28. The minimum absolute atomic E-state index is 0.130. The van der Waals surface area contributed by atoms with Crippen molar-refractivity contribution in [1.29, 1.82) is 0 Å². The van der Waals surface area contributed by atoms with Gasteiger partial charge in [0.2, 0.25) is 17.7 Å². The maximum absolute atomic E-state index is 12.8. The van der Waals surface area contributed by atoms with E-state index in [0.717, 1.165) is 17.5 Å². The number of nitrogens with one attached hydrogen (secondary N) is 3. The molecule has 12 nitrogen and oxygen atoms in total. The van der Waals surface area contributed by atoms with Crippen molar-refractivity contribution in [2.75, 3.05) is 6.54 Å². The molecule has 3 atom stereocenters. The first-order chi connectivity index (χ1) is 18.2. The molecule has 0 aromatic heterocycles. The predicted molar refractivity (Wildman–Crippen MR) is 146 cm³/mol. The van der Waals surface area contributed by atoms with Gasteiger partial charge in [-0.2, -0.15) is 0 Å². The number of aromatic hydroxyl groups is 1. The van der Waals surface area contributed by atoms with E-state index in [0.29, 0.717) is 18.9 Å². The molecule has 2 aromatic carbocycles. The predicted octanol–water partition coefficient (Wildman–Crippen LogP) is 0.728. The van der Waals surface area contributed by atoms with Gasteiger partial charge in [-0.1, -0.05) is 56.3 Å². The molecule has 0 aliphatic heterocycles. The van der Waals surface area contributed by atoms with E-state index < -0.39 is 37.8 Å². The lowest BCUT2D eigenvalue weighted by atomic mass is 10.0. The quantitative estimate of drug-likeness (QED) is 0.170. The number of amides is 3. The molecule has 0 unspecified atom stereocenters. The lowest BCUT2D eigenvalue weighted by molar-refractivity contribution is -0.132. The third-order valence-electron chi connectivity index (χ3n) is 5.42. The molecular formula is C26H39N4O8P. The molecule has 13 heteroatoms. The number of phenols is 1. The van der Waals surface area contributed by atoms with Crippen molar-refractivity contribution >= 4 is 25.5 Å². The van der Waals surface area contributed by atoms with Gasteiger partial charge >= 0.3 is 7.82 Å². The number of benzene rings is 2. The number of nitrogens with two attached hydrogens (primary N) is 1. The molecule has 0 saturated heterocycles. The van der Waals surface area contributed by atoms with Gasteiger partial charge in [-0.25, -0.2) is 4.57 Å². The van der Waals surface area contributed by atoms with Gasteiger partial charge in [0.1, 0.15) is 17.8 Å². The molecule has 3 amide bonds. The number of carbonyl (C=O) groups is 3. The highest BCUT2D eigenvalue weighted by atomic mass is 31.2. The Labute approximate surface area is 228 Å². The minimum Gasteiger partial charge on any atom is -0.508 e. The summed E-state index contributed by atoms with van der Waals surface area (Å²) in [5.41, 5.74) is 7.70. The normalized spacial score (nSPS) is 13.3. The summed E-state index contributed by atoms with van der Waals surface area (Å²) in [5, 5.41) is 17.7. The van der Waals surface area contributed by atoms with Gasteiger partial charge in [-0.15, -0.1) is 0 Å². The van der Waals surface area contributed by atoms with Crippen LogP contribution in [0.2, 0.25) is 0 Å². The third-order valence-corrected chi connectivity index (χ3v) is 5.42. The third kappa shape index (κ3) is 15.7. The van der Waals surface area contributed by atoms with E-state index in [1.807, 2.05) is 30.3 Å². The Balaban J connectivity index is 0.00000139. The average Bonchev–Trinajstić information content (AvgIpc) is 2.84. The molecule has 0 heterocycles.